The summed E-state index contributed by atoms with van der Waals surface area (Å²) in [6, 6.07) is 7.95. The van der Waals surface area contributed by atoms with Crippen molar-refractivity contribution >= 4 is 10.9 Å². The summed E-state index contributed by atoms with van der Waals surface area (Å²) in [6.45, 7) is 3.89. The molecule has 5 N–H and O–H groups in total. The van der Waals surface area contributed by atoms with E-state index in [4.69, 9.17) is 11.5 Å². The molecule has 2 aromatic rings. The molecule has 0 fully saturated rings. The lowest BCUT2D eigenvalue weighted by molar-refractivity contribution is 0.422. The number of aromatic nitrogens is 1. The Morgan fingerprint density at radius 2 is 1.93 bits per heavy atom. The van der Waals surface area contributed by atoms with E-state index in [1.54, 1.807) is 0 Å². The van der Waals surface area contributed by atoms with E-state index in [1.807, 2.05) is 38.2 Å². The fourth-order valence-corrected chi connectivity index (χ4v) is 1.75. The van der Waals surface area contributed by atoms with Gasteiger partial charge in [-0.1, -0.05) is 18.2 Å². The number of hydrogen-bond acceptors (Lipinski definition) is 2. The number of benzene rings is 1. The highest BCUT2D eigenvalue weighted by atomic mass is 14.8. The molecule has 80 valence electrons. The number of para-hydroxylation sites is 1. The Kier molecular flexibility index (Phi) is 2.29. The summed E-state index contributed by atoms with van der Waals surface area (Å²) in [5, 5.41) is 1.16. The van der Waals surface area contributed by atoms with Gasteiger partial charge in [0.15, 0.2) is 0 Å². The van der Waals surface area contributed by atoms with Crippen molar-refractivity contribution in [3.63, 3.8) is 0 Å². The van der Waals surface area contributed by atoms with Crippen LogP contribution in [0.4, 0.5) is 0 Å². The van der Waals surface area contributed by atoms with E-state index in [1.165, 1.54) is 0 Å². The molecule has 0 amide bonds. The Labute approximate surface area is 89.5 Å². The fourth-order valence-electron chi connectivity index (χ4n) is 1.75. The molecular weight excluding hydrogens is 186 g/mol. The quantitative estimate of drug-likeness (QED) is 0.697. The molecule has 15 heavy (non-hydrogen) atoms. The normalized spacial score (nSPS) is 14.4. The largest absolute Gasteiger partial charge is 0.361 e. The molecule has 0 radical (unpaired) electrons. The molecule has 3 heteroatoms. The number of H-pyrrole nitrogens is 1. The molecule has 1 aromatic carbocycles. The Balaban J connectivity index is 2.53. The van der Waals surface area contributed by atoms with Gasteiger partial charge in [-0.05, 0) is 25.5 Å². The van der Waals surface area contributed by atoms with Gasteiger partial charge < -0.3 is 16.5 Å². The first kappa shape index (κ1) is 10.2. The Morgan fingerprint density at radius 1 is 1.27 bits per heavy atom. The molecule has 0 spiro atoms. The Morgan fingerprint density at radius 3 is 2.60 bits per heavy atom. The van der Waals surface area contributed by atoms with Gasteiger partial charge in [0.1, 0.15) is 0 Å². The molecule has 1 unspecified atom stereocenters. The van der Waals surface area contributed by atoms with Crippen LogP contribution < -0.4 is 11.5 Å². The molecule has 0 saturated carbocycles. The third kappa shape index (κ3) is 1.76. The zero-order valence-electron chi connectivity index (χ0n) is 9.12. The maximum Gasteiger partial charge on any atom is 0.0493 e. The number of fused-ring (bicyclic) bond motifs is 1. The summed E-state index contributed by atoms with van der Waals surface area (Å²) in [6.07, 6.45) is 1.95. The maximum atomic E-state index is 6.14. The van der Waals surface area contributed by atoms with Crippen LogP contribution in [0, 0.1) is 0 Å². The summed E-state index contributed by atoms with van der Waals surface area (Å²) >= 11 is 0. The van der Waals surface area contributed by atoms with Crippen LogP contribution in [0.1, 0.15) is 25.5 Å². The van der Waals surface area contributed by atoms with Crippen LogP contribution in [0.3, 0.4) is 0 Å². The smallest absolute Gasteiger partial charge is 0.0493 e. The van der Waals surface area contributed by atoms with Crippen molar-refractivity contribution < 1.29 is 0 Å². The summed E-state index contributed by atoms with van der Waals surface area (Å²) in [7, 11) is 0. The van der Waals surface area contributed by atoms with Crippen molar-refractivity contribution in [1.82, 2.24) is 4.98 Å². The van der Waals surface area contributed by atoms with E-state index in [2.05, 4.69) is 11.1 Å². The van der Waals surface area contributed by atoms with Gasteiger partial charge in [-0.25, -0.2) is 0 Å². The molecule has 1 aromatic heterocycles. The molecule has 0 aliphatic carbocycles. The van der Waals surface area contributed by atoms with E-state index in [0.29, 0.717) is 0 Å². The predicted octanol–water partition coefficient (Wildman–Crippen LogP) is 1.90. The lowest BCUT2D eigenvalue weighted by Crippen LogP contribution is -2.43. The van der Waals surface area contributed by atoms with Crippen LogP contribution in [-0.2, 0) is 0 Å². The Bertz CT molecular complexity index is 465. The van der Waals surface area contributed by atoms with Crippen LogP contribution in [0.2, 0.25) is 0 Å². The van der Waals surface area contributed by atoms with Crippen molar-refractivity contribution in [1.29, 1.82) is 0 Å². The second-order valence-corrected chi connectivity index (χ2v) is 4.59. The molecular formula is C12H17N3. The van der Waals surface area contributed by atoms with Gasteiger partial charge in [-0.3, -0.25) is 0 Å². The molecule has 1 heterocycles. The number of nitrogens with one attached hydrogen (secondary N) is 1. The van der Waals surface area contributed by atoms with Gasteiger partial charge in [-0.2, -0.15) is 0 Å². The molecule has 3 nitrogen and oxygen atoms in total. The topological polar surface area (TPSA) is 67.8 Å². The van der Waals surface area contributed by atoms with Crippen LogP contribution in [-0.4, -0.2) is 10.5 Å². The van der Waals surface area contributed by atoms with Gasteiger partial charge in [0.25, 0.3) is 0 Å². The van der Waals surface area contributed by atoms with Gasteiger partial charge in [0, 0.05) is 28.7 Å². The van der Waals surface area contributed by atoms with Gasteiger partial charge in [0.05, 0.1) is 0 Å². The number of aromatic amines is 1. The highest BCUT2D eigenvalue weighted by molar-refractivity contribution is 5.83. The molecule has 0 aliphatic heterocycles. The molecule has 0 aliphatic rings. The van der Waals surface area contributed by atoms with Crippen LogP contribution >= 0.6 is 0 Å². The van der Waals surface area contributed by atoms with Crippen molar-refractivity contribution in [3.05, 3.63) is 36.0 Å². The zero-order chi connectivity index (χ0) is 11.1. The predicted molar refractivity (Wildman–Crippen MR) is 63.5 cm³/mol. The van der Waals surface area contributed by atoms with Crippen LogP contribution in [0.5, 0.6) is 0 Å². The average molecular weight is 203 g/mol. The number of nitrogens with two attached hydrogens (primary N) is 2. The van der Waals surface area contributed by atoms with Crippen molar-refractivity contribution in [2.75, 3.05) is 0 Å². The van der Waals surface area contributed by atoms with E-state index < -0.39 is 5.54 Å². The standard InChI is InChI=1S/C12H17N3/c1-12(2,14)11(13)9-7-15-10-6-4-3-5-8(9)10/h3-7,11,15H,13-14H2,1-2H3. The monoisotopic (exact) mass is 203 g/mol. The number of rotatable bonds is 2. The minimum Gasteiger partial charge on any atom is -0.361 e. The summed E-state index contributed by atoms with van der Waals surface area (Å²) < 4.78 is 0. The molecule has 0 bridgehead atoms. The van der Waals surface area contributed by atoms with Crippen molar-refractivity contribution in [2.45, 2.75) is 25.4 Å². The van der Waals surface area contributed by atoms with Crippen molar-refractivity contribution in [2.24, 2.45) is 11.5 Å². The first-order valence-electron chi connectivity index (χ1n) is 5.10. The van der Waals surface area contributed by atoms with Gasteiger partial charge >= 0.3 is 0 Å². The lowest BCUT2D eigenvalue weighted by atomic mass is 9.90. The van der Waals surface area contributed by atoms with Gasteiger partial charge in [0.2, 0.25) is 0 Å². The maximum absolute atomic E-state index is 6.14. The number of hydrogen-bond donors (Lipinski definition) is 3. The third-order valence-corrected chi connectivity index (χ3v) is 2.76. The summed E-state index contributed by atoms with van der Waals surface area (Å²) in [5.74, 6) is 0. The van der Waals surface area contributed by atoms with Crippen LogP contribution in [0.15, 0.2) is 30.5 Å². The molecule has 2 rings (SSSR count). The minimum absolute atomic E-state index is 0.159. The van der Waals surface area contributed by atoms with Crippen molar-refractivity contribution in [3.8, 4) is 0 Å². The van der Waals surface area contributed by atoms with Gasteiger partial charge in [-0.15, -0.1) is 0 Å². The highest BCUT2D eigenvalue weighted by Gasteiger charge is 2.24. The third-order valence-electron chi connectivity index (χ3n) is 2.76. The first-order chi connectivity index (χ1) is 7.00. The first-order valence-corrected chi connectivity index (χ1v) is 5.10. The van der Waals surface area contributed by atoms with E-state index in [0.717, 1.165) is 16.5 Å². The summed E-state index contributed by atoms with van der Waals surface area (Å²) in [5.41, 5.74) is 13.9. The second kappa shape index (κ2) is 3.36. The zero-order valence-corrected chi connectivity index (χ0v) is 9.12. The lowest BCUT2D eigenvalue weighted by Gasteiger charge is -2.26. The van der Waals surface area contributed by atoms with E-state index in [9.17, 15) is 0 Å². The molecule has 0 saturated heterocycles. The van der Waals surface area contributed by atoms with E-state index >= 15 is 0 Å². The molecule has 1 atom stereocenters. The summed E-state index contributed by atoms with van der Waals surface area (Å²) in [4.78, 5) is 3.21. The second-order valence-electron chi connectivity index (χ2n) is 4.59. The average Bonchev–Trinajstić information content (AvgIpc) is 2.58. The van der Waals surface area contributed by atoms with E-state index in [-0.39, 0.29) is 6.04 Å². The minimum atomic E-state index is -0.412. The van der Waals surface area contributed by atoms with Crippen LogP contribution in [0.25, 0.3) is 10.9 Å². The Hall–Kier alpha value is -1.32. The fraction of sp³-hybridized carbons (Fsp3) is 0.333. The SMILES string of the molecule is CC(C)(N)C(N)c1c[nH]c2ccccc12. The highest BCUT2D eigenvalue weighted by Crippen LogP contribution is 2.27.